The smallest absolute Gasteiger partial charge is 0.222 e. The molecule has 0 unspecified atom stereocenters. The Morgan fingerprint density at radius 2 is 1.79 bits per heavy atom. The minimum absolute atomic E-state index is 0.304. The normalized spacial score (nSPS) is 10.5. The number of hydrogen-bond acceptors (Lipinski definition) is 4. The molecule has 0 amide bonds. The zero-order valence-electron chi connectivity index (χ0n) is 11.3. The number of benzene rings is 1. The molecule has 0 atom stereocenters. The van der Waals surface area contributed by atoms with Crippen LogP contribution in [-0.4, -0.2) is 24.1 Å². The predicted octanol–water partition coefficient (Wildman–Crippen LogP) is 3.01. The molecule has 0 saturated carbocycles. The van der Waals surface area contributed by atoms with Gasteiger partial charge in [-0.1, -0.05) is 30.7 Å². The molecule has 5 heteroatoms. The summed E-state index contributed by atoms with van der Waals surface area (Å²) in [5.74, 6) is 1.13. The highest BCUT2D eigenvalue weighted by atomic mass is 35.5. The van der Waals surface area contributed by atoms with Crippen LogP contribution < -0.4 is 10.6 Å². The van der Waals surface area contributed by atoms with Crippen LogP contribution in [0.3, 0.4) is 0 Å². The molecule has 0 radical (unpaired) electrons. The summed E-state index contributed by atoms with van der Waals surface area (Å²) in [6, 6.07) is 7.69. The molecule has 0 saturated heterocycles. The molecule has 100 valence electrons. The van der Waals surface area contributed by atoms with Gasteiger partial charge in [0.15, 0.2) is 0 Å². The Balaban J connectivity index is 2.68. The Bertz CT molecular complexity index is 579. The number of rotatable bonds is 3. The van der Waals surface area contributed by atoms with Crippen molar-refractivity contribution >= 4 is 23.4 Å². The molecule has 0 aliphatic heterocycles. The number of hydrogen-bond donors (Lipinski definition) is 1. The fourth-order valence-electron chi connectivity index (χ4n) is 2.00. The first-order valence-electron chi connectivity index (χ1n) is 6.12. The lowest BCUT2D eigenvalue weighted by molar-refractivity contribution is 0.981. The molecule has 0 bridgehead atoms. The highest BCUT2D eigenvalue weighted by Gasteiger charge is 2.15. The van der Waals surface area contributed by atoms with Crippen LogP contribution in [0.2, 0.25) is 5.02 Å². The van der Waals surface area contributed by atoms with Crippen molar-refractivity contribution in [3.63, 3.8) is 0 Å². The number of nitrogen functional groups attached to an aromatic ring is 1. The van der Waals surface area contributed by atoms with E-state index in [1.165, 1.54) is 0 Å². The molecular weight excluding hydrogens is 260 g/mol. The molecule has 0 aliphatic carbocycles. The molecule has 4 nitrogen and oxygen atoms in total. The van der Waals surface area contributed by atoms with E-state index in [9.17, 15) is 0 Å². The number of aromatic nitrogens is 2. The van der Waals surface area contributed by atoms with Gasteiger partial charge in [0.25, 0.3) is 0 Å². The molecule has 2 aromatic rings. The van der Waals surface area contributed by atoms with E-state index in [4.69, 9.17) is 17.3 Å². The Morgan fingerprint density at radius 1 is 1.16 bits per heavy atom. The van der Waals surface area contributed by atoms with E-state index in [-0.39, 0.29) is 0 Å². The molecule has 0 spiro atoms. The largest absolute Gasteiger partial charge is 0.368 e. The molecule has 1 heterocycles. The average molecular weight is 277 g/mol. The second-order valence-corrected chi connectivity index (χ2v) is 4.92. The van der Waals surface area contributed by atoms with Crippen LogP contribution in [0.5, 0.6) is 0 Å². The van der Waals surface area contributed by atoms with Crippen LogP contribution in [0.25, 0.3) is 11.1 Å². The summed E-state index contributed by atoms with van der Waals surface area (Å²) in [5, 5.41) is 0.713. The van der Waals surface area contributed by atoms with E-state index in [0.29, 0.717) is 11.0 Å². The van der Waals surface area contributed by atoms with Gasteiger partial charge in [0, 0.05) is 24.7 Å². The fraction of sp³-hybridized carbons (Fsp3) is 0.286. The summed E-state index contributed by atoms with van der Waals surface area (Å²) < 4.78 is 0. The minimum atomic E-state index is 0.304. The van der Waals surface area contributed by atoms with Crippen molar-refractivity contribution in [2.75, 3.05) is 24.7 Å². The Hall–Kier alpha value is -1.81. The summed E-state index contributed by atoms with van der Waals surface area (Å²) in [6.45, 7) is 2.06. The second kappa shape index (κ2) is 5.45. The van der Waals surface area contributed by atoms with Crippen molar-refractivity contribution in [2.45, 2.75) is 13.3 Å². The Labute approximate surface area is 118 Å². The topological polar surface area (TPSA) is 55.0 Å². The summed E-state index contributed by atoms with van der Waals surface area (Å²) in [4.78, 5) is 10.6. The minimum Gasteiger partial charge on any atom is -0.368 e. The van der Waals surface area contributed by atoms with Crippen LogP contribution in [0.4, 0.5) is 11.8 Å². The zero-order chi connectivity index (χ0) is 14.0. The lowest BCUT2D eigenvalue weighted by atomic mass is 10.0. The first-order valence-corrected chi connectivity index (χ1v) is 6.50. The van der Waals surface area contributed by atoms with E-state index >= 15 is 0 Å². The third kappa shape index (κ3) is 2.79. The summed E-state index contributed by atoms with van der Waals surface area (Å²) in [5.41, 5.74) is 8.78. The molecule has 1 aromatic heterocycles. The van der Waals surface area contributed by atoms with Crippen LogP contribution in [0, 0.1) is 0 Å². The number of anilines is 2. The van der Waals surface area contributed by atoms with Crippen molar-refractivity contribution < 1.29 is 0 Å². The van der Waals surface area contributed by atoms with Gasteiger partial charge in [-0.2, -0.15) is 4.98 Å². The van der Waals surface area contributed by atoms with Gasteiger partial charge in [0.05, 0.1) is 5.69 Å². The zero-order valence-corrected chi connectivity index (χ0v) is 12.1. The van der Waals surface area contributed by atoms with E-state index < -0.39 is 0 Å². The number of aryl methyl sites for hydroxylation is 1. The second-order valence-electron chi connectivity index (χ2n) is 4.48. The average Bonchev–Trinajstić information content (AvgIpc) is 2.38. The lowest BCUT2D eigenvalue weighted by Gasteiger charge is -2.19. The molecular formula is C14H17ClN4. The predicted molar refractivity (Wildman–Crippen MR) is 80.6 cm³/mol. The molecule has 0 aliphatic rings. The standard InChI is InChI=1S/C14H17ClN4/c1-4-11-12(9-5-7-10(15)8-6-9)13(19(2)3)18-14(16)17-11/h5-8H,4H2,1-3H3,(H2,16,17,18). The number of nitrogens with zero attached hydrogens (tertiary/aromatic N) is 3. The van der Waals surface area contributed by atoms with E-state index in [1.807, 2.05) is 43.3 Å². The molecule has 2 rings (SSSR count). The quantitative estimate of drug-likeness (QED) is 0.936. The number of nitrogens with two attached hydrogens (primary N) is 1. The summed E-state index contributed by atoms with van der Waals surface area (Å²) in [7, 11) is 3.89. The van der Waals surface area contributed by atoms with E-state index in [1.54, 1.807) is 0 Å². The monoisotopic (exact) mass is 276 g/mol. The third-order valence-corrected chi connectivity index (χ3v) is 3.13. The first-order chi connectivity index (χ1) is 9.02. The van der Waals surface area contributed by atoms with Gasteiger partial charge in [-0.05, 0) is 24.1 Å². The van der Waals surface area contributed by atoms with Crippen molar-refractivity contribution in [3.8, 4) is 11.1 Å². The van der Waals surface area contributed by atoms with Gasteiger partial charge < -0.3 is 10.6 Å². The molecule has 0 fully saturated rings. The van der Waals surface area contributed by atoms with Crippen LogP contribution in [0.1, 0.15) is 12.6 Å². The van der Waals surface area contributed by atoms with Gasteiger partial charge in [-0.15, -0.1) is 0 Å². The SMILES string of the molecule is CCc1nc(N)nc(N(C)C)c1-c1ccc(Cl)cc1. The molecule has 2 N–H and O–H groups in total. The van der Waals surface area contributed by atoms with Crippen LogP contribution in [-0.2, 0) is 6.42 Å². The molecule has 19 heavy (non-hydrogen) atoms. The maximum atomic E-state index is 5.94. The van der Waals surface area contributed by atoms with E-state index in [2.05, 4.69) is 16.9 Å². The van der Waals surface area contributed by atoms with Crippen molar-refractivity contribution in [3.05, 3.63) is 35.0 Å². The lowest BCUT2D eigenvalue weighted by Crippen LogP contribution is -2.15. The van der Waals surface area contributed by atoms with Gasteiger partial charge >= 0.3 is 0 Å². The van der Waals surface area contributed by atoms with Crippen molar-refractivity contribution in [1.82, 2.24) is 9.97 Å². The summed E-state index contributed by atoms with van der Waals surface area (Å²) in [6.07, 6.45) is 0.797. The van der Waals surface area contributed by atoms with Gasteiger partial charge in [-0.25, -0.2) is 4.98 Å². The highest BCUT2D eigenvalue weighted by Crippen LogP contribution is 2.32. The van der Waals surface area contributed by atoms with Gasteiger partial charge in [-0.3, -0.25) is 0 Å². The van der Waals surface area contributed by atoms with Crippen LogP contribution >= 0.6 is 11.6 Å². The maximum absolute atomic E-state index is 5.94. The first kappa shape index (κ1) is 13.6. The van der Waals surface area contributed by atoms with E-state index in [0.717, 1.165) is 29.1 Å². The Kier molecular flexibility index (Phi) is 3.90. The highest BCUT2D eigenvalue weighted by molar-refractivity contribution is 6.30. The van der Waals surface area contributed by atoms with Crippen molar-refractivity contribution in [1.29, 1.82) is 0 Å². The maximum Gasteiger partial charge on any atom is 0.222 e. The molecule has 1 aromatic carbocycles. The number of halogens is 1. The van der Waals surface area contributed by atoms with Crippen LogP contribution in [0.15, 0.2) is 24.3 Å². The van der Waals surface area contributed by atoms with Crippen molar-refractivity contribution in [2.24, 2.45) is 0 Å². The summed E-state index contributed by atoms with van der Waals surface area (Å²) >= 11 is 5.94. The van der Waals surface area contributed by atoms with Gasteiger partial charge in [0.2, 0.25) is 5.95 Å². The Morgan fingerprint density at radius 3 is 2.32 bits per heavy atom. The third-order valence-electron chi connectivity index (χ3n) is 2.87. The fourth-order valence-corrected chi connectivity index (χ4v) is 2.13. The van der Waals surface area contributed by atoms with Gasteiger partial charge in [0.1, 0.15) is 5.82 Å².